The molecule has 0 radical (unpaired) electrons. The number of fused-ring (bicyclic) bond motifs is 1. The molecule has 1 amide bonds. The van der Waals surface area contributed by atoms with E-state index in [1.54, 1.807) is 23.2 Å². The predicted octanol–water partition coefficient (Wildman–Crippen LogP) is 1.69. The highest BCUT2D eigenvalue weighted by Crippen LogP contribution is 2.30. The highest BCUT2D eigenvalue weighted by Gasteiger charge is 2.28. The van der Waals surface area contributed by atoms with Crippen molar-refractivity contribution < 1.29 is 14.7 Å². The highest BCUT2D eigenvalue weighted by molar-refractivity contribution is 6.02. The molecule has 3 rings (SSSR count). The Morgan fingerprint density at radius 2 is 2.24 bits per heavy atom. The number of carbonyl (C=O) groups excluding carboxylic acids is 1. The van der Waals surface area contributed by atoms with Crippen LogP contribution in [0, 0.1) is 0 Å². The number of aryl methyl sites for hydroxylation is 1. The summed E-state index contributed by atoms with van der Waals surface area (Å²) in [5, 5.41) is 9.01. The number of hydrogen-bond donors (Lipinski definition) is 1. The van der Waals surface area contributed by atoms with Crippen LogP contribution >= 0.6 is 0 Å². The number of aromatic carboxylic acids is 1. The zero-order chi connectivity index (χ0) is 15.0. The third kappa shape index (κ3) is 2.29. The van der Waals surface area contributed by atoms with Crippen molar-refractivity contribution in [2.45, 2.75) is 26.4 Å². The van der Waals surface area contributed by atoms with Gasteiger partial charge < -0.3 is 14.6 Å². The number of carbonyl (C=O) groups is 2. The molecule has 0 aliphatic carbocycles. The van der Waals surface area contributed by atoms with Gasteiger partial charge in [0.05, 0.1) is 18.5 Å². The van der Waals surface area contributed by atoms with Crippen molar-refractivity contribution in [1.82, 2.24) is 9.55 Å². The minimum atomic E-state index is -0.981. The Bertz CT molecular complexity index is 721. The smallest absolute Gasteiger partial charge is 0.335 e. The van der Waals surface area contributed by atoms with Gasteiger partial charge in [0.25, 0.3) is 0 Å². The van der Waals surface area contributed by atoms with Gasteiger partial charge in [-0.25, -0.2) is 9.78 Å². The van der Waals surface area contributed by atoms with Crippen molar-refractivity contribution in [1.29, 1.82) is 0 Å². The van der Waals surface area contributed by atoms with Crippen molar-refractivity contribution >= 4 is 17.6 Å². The van der Waals surface area contributed by atoms with E-state index in [1.165, 1.54) is 6.07 Å². The zero-order valence-electron chi connectivity index (χ0n) is 11.6. The van der Waals surface area contributed by atoms with E-state index in [1.807, 2.05) is 17.7 Å². The molecule has 6 nitrogen and oxygen atoms in total. The molecule has 1 aromatic carbocycles. The number of imidazole rings is 1. The number of carboxylic acids is 1. The third-order valence-corrected chi connectivity index (χ3v) is 3.70. The Labute approximate surface area is 121 Å². The van der Waals surface area contributed by atoms with E-state index in [4.69, 9.17) is 5.11 Å². The van der Waals surface area contributed by atoms with E-state index in [9.17, 15) is 9.59 Å². The Balaban J connectivity index is 1.92. The minimum absolute atomic E-state index is 0.0295. The quantitative estimate of drug-likeness (QED) is 0.927. The van der Waals surface area contributed by atoms with Crippen LogP contribution in [0.4, 0.5) is 5.69 Å². The normalized spacial score (nSPS) is 13.6. The van der Waals surface area contributed by atoms with Gasteiger partial charge in [0.15, 0.2) is 0 Å². The van der Waals surface area contributed by atoms with Crippen LogP contribution in [-0.2, 0) is 24.3 Å². The minimum Gasteiger partial charge on any atom is -0.478 e. The van der Waals surface area contributed by atoms with Crippen LogP contribution in [0.3, 0.4) is 0 Å². The molecular formula is C15H15N3O3. The lowest BCUT2D eigenvalue weighted by atomic mass is 10.1. The van der Waals surface area contributed by atoms with Gasteiger partial charge in [-0.1, -0.05) is 0 Å². The first kappa shape index (κ1) is 13.4. The molecule has 2 heterocycles. The summed E-state index contributed by atoms with van der Waals surface area (Å²) in [5.74, 6) is -0.190. The Hall–Kier alpha value is -2.63. The molecule has 6 heteroatoms. The summed E-state index contributed by atoms with van der Waals surface area (Å²) in [7, 11) is 0. The first-order valence-corrected chi connectivity index (χ1v) is 6.76. The summed E-state index contributed by atoms with van der Waals surface area (Å²) < 4.78 is 1.98. The number of hydrogen-bond acceptors (Lipinski definition) is 3. The second-order valence-corrected chi connectivity index (χ2v) is 4.93. The standard InChI is InChI=1S/C15H15N3O3/c1-2-17-6-5-16-13(17)9-18-12-4-3-10(15(20)21)7-11(12)8-14(18)19/h3-7H,2,8-9H2,1H3,(H,20,21). The predicted molar refractivity (Wildman–Crippen MR) is 76.2 cm³/mol. The van der Waals surface area contributed by atoms with Gasteiger partial charge in [0.1, 0.15) is 5.82 Å². The maximum Gasteiger partial charge on any atom is 0.335 e. The van der Waals surface area contributed by atoms with Crippen LogP contribution in [0.2, 0.25) is 0 Å². The summed E-state index contributed by atoms with van der Waals surface area (Å²) in [5.41, 5.74) is 1.74. The molecule has 21 heavy (non-hydrogen) atoms. The maximum atomic E-state index is 12.2. The first-order valence-electron chi connectivity index (χ1n) is 6.76. The van der Waals surface area contributed by atoms with Crippen molar-refractivity contribution in [2.75, 3.05) is 4.90 Å². The molecule has 0 spiro atoms. The summed E-state index contributed by atoms with van der Waals surface area (Å²) in [4.78, 5) is 29.1. The fourth-order valence-electron chi connectivity index (χ4n) is 2.61. The molecule has 1 aromatic heterocycles. The summed E-state index contributed by atoms with van der Waals surface area (Å²) in [6, 6.07) is 4.80. The second-order valence-electron chi connectivity index (χ2n) is 4.93. The fourth-order valence-corrected chi connectivity index (χ4v) is 2.61. The van der Waals surface area contributed by atoms with Crippen LogP contribution in [0.5, 0.6) is 0 Å². The second kappa shape index (κ2) is 5.05. The molecule has 1 aliphatic rings. The lowest BCUT2D eigenvalue weighted by Gasteiger charge is -2.17. The molecule has 1 N–H and O–H groups in total. The van der Waals surface area contributed by atoms with Crippen molar-refractivity contribution in [3.8, 4) is 0 Å². The van der Waals surface area contributed by atoms with Crippen molar-refractivity contribution in [3.05, 3.63) is 47.5 Å². The highest BCUT2D eigenvalue weighted by atomic mass is 16.4. The molecule has 108 valence electrons. The molecule has 0 atom stereocenters. The number of carboxylic acid groups (broad SMARTS) is 1. The van der Waals surface area contributed by atoms with Crippen molar-refractivity contribution in [2.24, 2.45) is 0 Å². The number of amides is 1. The van der Waals surface area contributed by atoms with Gasteiger partial charge in [-0.3, -0.25) is 4.79 Å². The Morgan fingerprint density at radius 1 is 1.43 bits per heavy atom. The van der Waals surface area contributed by atoms with E-state index >= 15 is 0 Å². The van der Waals surface area contributed by atoms with E-state index in [2.05, 4.69) is 4.98 Å². The number of nitrogens with zero attached hydrogens (tertiary/aromatic N) is 3. The van der Waals surface area contributed by atoms with E-state index in [0.29, 0.717) is 6.54 Å². The molecule has 2 aromatic rings. The molecule has 0 saturated heterocycles. The summed E-state index contributed by atoms with van der Waals surface area (Å²) in [6.45, 7) is 3.21. The molecular weight excluding hydrogens is 270 g/mol. The topological polar surface area (TPSA) is 75.4 Å². The molecule has 0 fully saturated rings. The maximum absolute atomic E-state index is 12.2. The van der Waals surface area contributed by atoms with Gasteiger partial charge in [-0.15, -0.1) is 0 Å². The molecule has 0 unspecified atom stereocenters. The van der Waals surface area contributed by atoms with Crippen LogP contribution < -0.4 is 4.90 Å². The van der Waals surface area contributed by atoms with E-state index in [-0.39, 0.29) is 17.9 Å². The van der Waals surface area contributed by atoms with Crippen LogP contribution in [0.1, 0.15) is 28.7 Å². The van der Waals surface area contributed by atoms with Crippen LogP contribution in [0.15, 0.2) is 30.6 Å². The number of anilines is 1. The average Bonchev–Trinajstić information content (AvgIpc) is 3.03. The molecule has 1 aliphatic heterocycles. The monoisotopic (exact) mass is 285 g/mol. The van der Waals surface area contributed by atoms with Gasteiger partial charge >= 0.3 is 5.97 Å². The lowest BCUT2D eigenvalue weighted by Crippen LogP contribution is -2.27. The largest absolute Gasteiger partial charge is 0.478 e. The van der Waals surface area contributed by atoms with Gasteiger partial charge in [-0.2, -0.15) is 0 Å². The van der Waals surface area contributed by atoms with Gasteiger partial charge in [0, 0.05) is 24.6 Å². The summed E-state index contributed by atoms with van der Waals surface area (Å²) in [6.07, 6.45) is 3.83. The zero-order valence-corrected chi connectivity index (χ0v) is 11.6. The van der Waals surface area contributed by atoms with Crippen LogP contribution in [-0.4, -0.2) is 26.5 Å². The lowest BCUT2D eigenvalue weighted by molar-refractivity contribution is -0.117. The average molecular weight is 285 g/mol. The Kier molecular flexibility index (Phi) is 3.21. The van der Waals surface area contributed by atoms with Crippen LogP contribution in [0.25, 0.3) is 0 Å². The fraction of sp³-hybridized carbons (Fsp3) is 0.267. The number of rotatable bonds is 4. The third-order valence-electron chi connectivity index (χ3n) is 3.70. The Morgan fingerprint density at radius 3 is 2.95 bits per heavy atom. The molecule has 0 bridgehead atoms. The number of benzene rings is 1. The van der Waals surface area contributed by atoms with Gasteiger partial charge in [-0.05, 0) is 30.7 Å². The van der Waals surface area contributed by atoms with E-state index < -0.39 is 5.97 Å². The number of aromatic nitrogens is 2. The first-order chi connectivity index (χ1) is 10.1. The summed E-state index contributed by atoms with van der Waals surface area (Å²) >= 11 is 0. The van der Waals surface area contributed by atoms with Crippen molar-refractivity contribution in [3.63, 3.8) is 0 Å². The van der Waals surface area contributed by atoms with E-state index in [0.717, 1.165) is 23.6 Å². The molecule has 0 saturated carbocycles. The SMILES string of the molecule is CCn1ccnc1CN1C(=O)Cc2cc(C(=O)O)ccc21. The van der Waals surface area contributed by atoms with Gasteiger partial charge in [0.2, 0.25) is 5.91 Å².